The monoisotopic (exact) mass is 597 g/mol. The summed E-state index contributed by atoms with van der Waals surface area (Å²) in [5.41, 5.74) is 3.05. The van der Waals surface area contributed by atoms with Crippen molar-refractivity contribution >= 4 is 40.9 Å². The van der Waals surface area contributed by atoms with Crippen LogP contribution in [-0.4, -0.2) is 47.4 Å². The van der Waals surface area contributed by atoms with Gasteiger partial charge in [-0.15, -0.1) is 0 Å². The highest BCUT2D eigenvalue weighted by atomic mass is 35.5. The summed E-state index contributed by atoms with van der Waals surface area (Å²) in [4.78, 5) is 6.38. The molecule has 1 aliphatic heterocycles. The van der Waals surface area contributed by atoms with Crippen LogP contribution in [0.25, 0.3) is 6.08 Å². The van der Waals surface area contributed by atoms with Crippen LogP contribution in [0.3, 0.4) is 0 Å². The van der Waals surface area contributed by atoms with E-state index < -0.39 is 5.79 Å². The summed E-state index contributed by atoms with van der Waals surface area (Å²) >= 11 is 18.6. The van der Waals surface area contributed by atoms with E-state index in [1.165, 1.54) is 5.56 Å². The van der Waals surface area contributed by atoms with Crippen molar-refractivity contribution in [1.29, 1.82) is 0 Å². The Balaban J connectivity index is 1.15. The molecule has 5 rings (SSSR count). The second-order valence-electron chi connectivity index (χ2n) is 9.77. The fraction of sp³-hybridized carbons (Fsp3) is 0.258. The van der Waals surface area contributed by atoms with Gasteiger partial charge in [-0.05, 0) is 54.6 Å². The Morgan fingerprint density at radius 2 is 1.82 bits per heavy atom. The van der Waals surface area contributed by atoms with Crippen molar-refractivity contribution in [2.24, 2.45) is 0 Å². The van der Waals surface area contributed by atoms with E-state index in [-0.39, 0.29) is 6.10 Å². The standard InChI is InChI=1S/C31H30Cl3N3O3/c1-36(15-2-3-23-4-8-25(32)9-5-23)18-24-6-11-27(12-7-24)38-19-28-20-39-31(40-28,21-37-16-14-35-22-37)29-13-10-26(33)17-30(29)34/h2-14,16-17,22,28H,15,18-21H2,1H3/b3-2+. The topological polar surface area (TPSA) is 48.8 Å². The van der Waals surface area contributed by atoms with E-state index in [2.05, 4.69) is 41.2 Å². The Hall–Kier alpha value is -2.84. The summed E-state index contributed by atoms with van der Waals surface area (Å²) in [5, 5.41) is 1.77. The lowest BCUT2D eigenvalue weighted by Crippen LogP contribution is -2.34. The number of aromatic nitrogens is 2. The maximum absolute atomic E-state index is 6.56. The fourth-order valence-corrected chi connectivity index (χ4v) is 5.25. The van der Waals surface area contributed by atoms with Gasteiger partial charge in [0.2, 0.25) is 5.79 Å². The molecule has 0 spiro atoms. The van der Waals surface area contributed by atoms with Gasteiger partial charge in [-0.3, -0.25) is 4.90 Å². The molecule has 0 radical (unpaired) electrons. The van der Waals surface area contributed by atoms with Crippen molar-refractivity contribution in [2.75, 3.05) is 26.8 Å². The number of hydrogen-bond donors (Lipinski definition) is 0. The number of rotatable bonds is 11. The van der Waals surface area contributed by atoms with Gasteiger partial charge in [0, 0.05) is 41.1 Å². The smallest absolute Gasteiger partial charge is 0.215 e. The summed E-state index contributed by atoms with van der Waals surface area (Å²) in [5.74, 6) is -0.304. The van der Waals surface area contributed by atoms with E-state index in [9.17, 15) is 0 Å². The molecule has 0 aliphatic carbocycles. The number of benzene rings is 3. The molecule has 0 amide bonds. The van der Waals surface area contributed by atoms with Crippen LogP contribution in [0.1, 0.15) is 16.7 Å². The molecule has 1 aliphatic rings. The van der Waals surface area contributed by atoms with Gasteiger partial charge in [0.1, 0.15) is 18.5 Å². The molecule has 1 aromatic heterocycles. The lowest BCUT2D eigenvalue weighted by molar-refractivity contribution is -0.189. The highest BCUT2D eigenvalue weighted by Crippen LogP contribution is 2.40. The SMILES string of the molecule is CN(C/C=C/c1ccc(Cl)cc1)Cc1ccc(OCC2COC(Cn3ccnc3)(c3ccc(Cl)cc3Cl)O2)cc1. The zero-order chi connectivity index (χ0) is 28.0. The van der Waals surface area contributed by atoms with Crippen molar-refractivity contribution in [3.05, 3.63) is 123 Å². The maximum atomic E-state index is 6.56. The second kappa shape index (κ2) is 13.2. The van der Waals surface area contributed by atoms with Crippen LogP contribution in [0, 0.1) is 0 Å². The van der Waals surface area contributed by atoms with E-state index in [0.29, 0.717) is 35.4 Å². The number of likely N-dealkylation sites (N-methyl/N-ethyl adjacent to an activating group) is 1. The molecule has 40 heavy (non-hydrogen) atoms. The van der Waals surface area contributed by atoms with Crippen molar-refractivity contribution < 1.29 is 14.2 Å². The van der Waals surface area contributed by atoms with E-state index in [1.54, 1.807) is 24.7 Å². The van der Waals surface area contributed by atoms with Crippen molar-refractivity contribution in [3.8, 4) is 5.75 Å². The molecular weight excluding hydrogens is 569 g/mol. The number of ether oxygens (including phenoxy) is 3. The van der Waals surface area contributed by atoms with E-state index in [0.717, 1.165) is 29.4 Å². The van der Waals surface area contributed by atoms with Gasteiger partial charge in [0.25, 0.3) is 0 Å². The average molecular weight is 599 g/mol. The fourth-order valence-electron chi connectivity index (χ4n) is 4.57. The van der Waals surface area contributed by atoms with Gasteiger partial charge in [0.15, 0.2) is 0 Å². The number of imidazole rings is 1. The molecule has 9 heteroatoms. The molecule has 0 bridgehead atoms. The number of nitrogens with zero attached hydrogens (tertiary/aromatic N) is 3. The Morgan fingerprint density at radius 1 is 1.05 bits per heavy atom. The van der Waals surface area contributed by atoms with Crippen molar-refractivity contribution in [3.63, 3.8) is 0 Å². The Morgan fingerprint density at radius 3 is 2.55 bits per heavy atom. The predicted octanol–water partition coefficient (Wildman–Crippen LogP) is 7.34. The molecule has 2 atom stereocenters. The molecule has 2 unspecified atom stereocenters. The van der Waals surface area contributed by atoms with Crippen LogP contribution in [0.2, 0.25) is 15.1 Å². The molecule has 1 saturated heterocycles. The first-order valence-corrected chi connectivity index (χ1v) is 14.1. The quantitative estimate of drug-likeness (QED) is 0.181. The third kappa shape index (κ3) is 7.46. The van der Waals surface area contributed by atoms with Crippen LogP contribution in [0.15, 0.2) is 91.5 Å². The summed E-state index contributed by atoms with van der Waals surface area (Å²) in [6.07, 6.45) is 9.26. The van der Waals surface area contributed by atoms with E-state index in [1.807, 2.05) is 53.2 Å². The maximum Gasteiger partial charge on any atom is 0.215 e. The van der Waals surface area contributed by atoms with E-state index in [4.69, 9.17) is 49.0 Å². The molecule has 208 valence electrons. The first-order chi connectivity index (χ1) is 19.4. The van der Waals surface area contributed by atoms with Crippen molar-refractivity contribution in [1.82, 2.24) is 14.5 Å². The molecule has 6 nitrogen and oxygen atoms in total. The highest BCUT2D eigenvalue weighted by molar-refractivity contribution is 6.35. The predicted molar refractivity (Wildman–Crippen MR) is 160 cm³/mol. The Bertz CT molecular complexity index is 1410. The van der Waals surface area contributed by atoms with Gasteiger partial charge in [-0.2, -0.15) is 0 Å². The minimum absolute atomic E-state index is 0.284. The van der Waals surface area contributed by atoms with Crippen LogP contribution < -0.4 is 4.74 Å². The molecule has 0 saturated carbocycles. The molecule has 1 fully saturated rings. The highest BCUT2D eigenvalue weighted by Gasteiger charge is 2.45. The minimum atomic E-state index is -1.08. The van der Waals surface area contributed by atoms with Crippen molar-refractivity contribution in [2.45, 2.75) is 25.0 Å². The van der Waals surface area contributed by atoms with Crippen LogP contribution in [0.5, 0.6) is 5.75 Å². The number of halogens is 3. The minimum Gasteiger partial charge on any atom is -0.491 e. The third-order valence-corrected chi connectivity index (χ3v) is 7.36. The summed E-state index contributed by atoms with van der Waals surface area (Å²) in [6, 6.07) is 21.3. The van der Waals surface area contributed by atoms with Crippen LogP contribution >= 0.6 is 34.8 Å². The lowest BCUT2D eigenvalue weighted by Gasteiger charge is -2.30. The molecular formula is C31H30Cl3N3O3. The molecule has 2 heterocycles. The normalized spacial score (nSPS) is 19.1. The average Bonchev–Trinajstić information content (AvgIpc) is 3.60. The van der Waals surface area contributed by atoms with Crippen LogP contribution in [-0.2, 0) is 28.4 Å². The number of hydrogen-bond acceptors (Lipinski definition) is 5. The first-order valence-electron chi connectivity index (χ1n) is 12.9. The van der Waals surface area contributed by atoms with Gasteiger partial charge < -0.3 is 18.8 Å². The lowest BCUT2D eigenvalue weighted by atomic mass is 10.1. The van der Waals surface area contributed by atoms with Gasteiger partial charge in [-0.25, -0.2) is 4.98 Å². The first kappa shape index (κ1) is 28.7. The van der Waals surface area contributed by atoms with E-state index >= 15 is 0 Å². The zero-order valence-corrected chi connectivity index (χ0v) is 24.3. The zero-order valence-electron chi connectivity index (χ0n) is 22.1. The molecule has 3 aromatic carbocycles. The molecule has 0 N–H and O–H groups in total. The second-order valence-corrected chi connectivity index (χ2v) is 11.0. The Labute approximate surface area is 249 Å². The summed E-state index contributed by atoms with van der Waals surface area (Å²) < 4.78 is 20.7. The third-order valence-electron chi connectivity index (χ3n) is 6.56. The summed E-state index contributed by atoms with van der Waals surface area (Å²) in [7, 11) is 2.09. The van der Waals surface area contributed by atoms with Gasteiger partial charge in [0.05, 0.1) is 24.5 Å². The largest absolute Gasteiger partial charge is 0.491 e. The Kier molecular flexibility index (Phi) is 9.48. The van der Waals surface area contributed by atoms with Gasteiger partial charge in [-0.1, -0.05) is 77.3 Å². The summed E-state index contributed by atoms with van der Waals surface area (Å²) in [6.45, 7) is 2.75. The van der Waals surface area contributed by atoms with Crippen LogP contribution in [0.4, 0.5) is 0 Å². The molecule has 4 aromatic rings. The van der Waals surface area contributed by atoms with Gasteiger partial charge >= 0.3 is 0 Å².